The molecule has 46 heavy (non-hydrogen) atoms. The number of nitrogens with zero attached hydrogens (tertiary/aromatic N) is 1. The Labute approximate surface area is 269 Å². The fourth-order valence-electron chi connectivity index (χ4n) is 8.64. The summed E-state index contributed by atoms with van der Waals surface area (Å²) in [5.74, 6) is 0.265. The minimum atomic E-state index is -0.718. The number of aromatic amines is 1. The van der Waals surface area contributed by atoms with Crippen LogP contribution in [0.3, 0.4) is 0 Å². The molecule has 1 aliphatic carbocycles. The Morgan fingerprint density at radius 2 is 1.65 bits per heavy atom. The number of carbonyl (C=O) groups is 2. The molecule has 2 aromatic carbocycles. The normalized spacial score (nSPS) is 28.8. The first-order valence-corrected chi connectivity index (χ1v) is 15.6. The summed E-state index contributed by atoms with van der Waals surface area (Å²) in [7, 11) is 9.12. The maximum atomic E-state index is 13.7. The van der Waals surface area contributed by atoms with Gasteiger partial charge in [0.1, 0.15) is 18.0 Å². The van der Waals surface area contributed by atoms with E-state index in [9.17, 15) is 9.59 Å². The van der Waals surface area contributed by atoms with Crippen LogP contribution in [0.25, 0.3) is 10.9 Å². The van der Waals surface area contributed by atoms with Crippen molar-refractivity contribution >= 4 is 22.8 Å². The zero-order valence-corrected chi connectivity index (χ0v) is 27.9. The van der Waals surface area contributed by atoms with Gasteiger partial charge in [-0.1, -0.05) is 6.92 Å². The van der Waals surface area contributed by atoms with Crippen molar-refractivity contribution in [3.63, 3.8) is 0 Å². The van der Waals surface area contributed by atoms with Gasteiger partial charge in [-0.05, 0) is 67.3 Å². The topological polar surface area (TPSA) is 118 Å². The molecular weight excluding hydrogens is 592 g/mol. The number of hydrogen-bond acceptors (Lipinski definition) is 10. The molecule has 6 rings (SSSR count). The number of fused-ring (bicyclic) bond motifs is 6. The molecule has 11 heteroatoms. The Hall–Kier alpha value is -3.96. The molecule has 0 spiro atoms. The maximum Gasteiger partial charge on any atom is 0.338 e. The number of piperidine rings is 1. The van der Waals surface area contributed by atoms with Gasteiger partial charge >= 0.3 is 11.9 Å². The highest BCUT2D eigenvalue weighted by Crippen LogP contribution is 2.59. The molecule has 6 atom stereocenters. The summed E-state index contributed by atoms with van der Waals surface area (Å²) in [6.07, 6.45) is 0.715. The predicted octanol–water partition coefficient (Wildman–Crippen LogP) is 4.74. The molecule has 248 valence electrons. The van der Waals surface area contributed by atoms with Crippen molar-refractivity contribution in [1.82, 2.24) is 9.88 Å². The highest BCUT2D eigenvalue weighted by atomic mass is 16.6. The summed E-state index contributed by atoms with van der Waals surface area (Å²) in [5, 5.41) is 1.20. The van der Waals surface area contributed by atoms with E-state index in [1.807, 2.05) is 12.1 Å². The van der Waals surface area contributed by atoms with Gasteiger partial charge in [-0.2, -0.15) is 0 Å². The second-order valence-corrected chi connectivity index (χ2v) is 13.0. The predicted molar refractivity (Wildman–Crippen MR) is 170 cm³/mol. The summed E-state index contributed by atoms with van der Waals surface area (Å²) in [4.78, 5) is 33.7. The number of H-pyrrole nitrogens is 1. The molecular formula is C35H44N2O9. The van der Waals surface area contributed by atoms with Crippen LogP contribution >= 0.6 is 0 Å². The van der Waals surface area contributed by atoms with Crippen LogP contribution in [0.1, 0.15) is 48.3 Å². The van der Waals surface area contributed by atoms with Crippen LogP contribution in [0.15, 0.2) is 30.3 Å². The van der Waals surface area contributed by atoms with Crippen LogP contribution in [0.2, 0.25) is 0 Å². The Kier molecular flexibility index (Phi) is 8.35. The second-order valence-electron chi connectivity index (χ2n) is 13.0. The molecule has 1 aromatic heterocycles. The maximum absolute atomic E-state index is 13.7. The molecule has 6 unspecified atom stereocenters. The van der Waals surface area contributed by atoms with Crippen LogP contribution < -0.4 is 18.9 Å². The average Bonchev–Trinajstić information content (AvgIpc) is 3.45. The number of nitrogens with one attached hydrogen (secondary N) is 1. The third-order valence-corrected chi connectivity index (χ3v) is 10.9. The van der Waals surface area contributed by atoms with Gasteiger partial charge in [0.2, 0.25) is 5.75 Å². The van der Waals surface area contributed by atoms with E-state index in [0.29, 0.717) is 30.1 Å². The molecule has 3 heterocycles. The lowest BCUT2D eigenvalue weighted by atomic mass is 9.52. The van der Waals surface area contributed by atoms with Crippen molar-refractivity contribution in [1.29, 1.82) is 0 Å². The van der Waals surface area contributed by atoms with Gasteiger partial charge in [-0.25, -0.2) is 4.79 Å². The second kappa shape index (κ2) is 12.0. The number of ether oxygens (including phenoxy) is 7. The van der Waals surface area contributed by atoms with E-state index in [4.69, 9.17) is 33.2 Å². The molecule has 0 amide bonds. The Bertz CT molecular complexity index is 1630. The lowest BCUT2D eigenvalue weighted by Gasteiger charge is -2.62. The summed E-state index contributed by atoms with van der Waals surface area (Å²) in [6, 6.07) is 9.29. The number of rotatable bonds is 8. The monoisotopic (exact) mass is 636 g/mol. The highest BCUT2D eigenvalue weighted by molar-refractivity contribution is 5.91. The van der Waals surface area contributed by atoms with Crippen molar-refractivity contribution in [2.24, 2.45) is 17.3 Å². The zero-order valence-electron chi connectivity index (χ0n) is 27.9. The average molecular weight is 637 g/mol. The SMILES string of the molecule is COC(=O)C1C(OC)C(OC(=O)c2cc(OC)c(OC)c(OC)c2)CC2CN3CCc4c([nH]c5cc(OC)ccc45)C3(C)CC21C. The van der Waals surface area contributed by atoms with Gasteiger partial charge in [-0.15, -0.1) is 0 Å². The van der Waals surface area contributed by atoms with Gasteiger partial charge in [0, 0.05) is 42.9 Å². The molecule has 2 fully saturated rings. The summed E-state index contributed by atoms with van der Waals surface area (Å²) in [6.45, 7) is 6.05. The van der Waals surface area contributed by atoms with Crippen molar-refractivity contribution in [2.45, 2.75) is 50.9 Å². The molecule has 3 aromatic rings. The van der Waals surface area contributed by atoms with Gasteiger partial charge in [0.15, 0.2) is 11.5 Å². The van der Waals surface area contributed by atoms with E-state index >= 15 is 0 Å². The fraction of sp³-hybridized carbons (Fsp3) is 0.543. The number of hydrogen-bond donors (Lipinski definition) is 1. The number of methoxy groups -OCH3 is 6. The number of benzene rings is 2. The van der Waals surface area contributed by atoms with Gasteiger partial charge in [0.25, 0.3) is 0 Å². The van der Waals surface area contributed by atoms with Gasteiger partial charge in [0.05, 0.1) is 52.6 Å². The first kappa shape index (κ1) is 32.0. The molecule has 0 radical (unpaired) electrons. The zero-order chi connectivity index (χ0) is 33.0. The lowest BCUT2D eigenvalue weighted by molar-refractivity contribution is -0.204. The Morgan fingerprint density at radius 1 is 0.935 bits per heavy atom. The van der Waals surface area contributed by atoms with Crippen LogP contribution in [0.5, 0.6) is 23.0 Å². The molecule has 3 aliphatic rings. The van der Waals surface area contributed by atoms with E-state index in [1.165, 1.54) is 45.1 Å². The molecule has 1 N–H and O–H groups in total. The standard InChI is InChI=1S/C35H44N2O9/c1-34-18-35(2)31-23(22-10-9-21(40-3)16-24(22)36-31)11-12-37(35)17-20(34)15-27(30(44-7)28(34)33(39)45-8)46-32(38)19-13-25(41-4)29(43-6)26(14-19)42-5/h9-10,13-14,16,20,27-28,30,36H,11-12,15,17-18H2,1-8H3. The lowest BCUT2D eigenvalue weighted by Crippen LogP contribution is -2.67. The van der Waals surface area contributed by atoms with Crippen molar-refractivity contribution in [2.75, 3.05) is 55.7 Å². The van der Waals surface area contributed by atoms with Gasteiger partial charge in [-0.3, -0.25) is 9.69 Å². The van der Waals surface area contributed by atoms with Crippen molar-refractivity contribution < 1.29 is 42.7 Å². The third-order valence-electron chi connectivity index (χ3n) is 10.9. The van der Waals surface area contributed by atoms with E-state index in [-0.39, 0.29) is 23.0 Å². The highest BCUT2D eigenvalue weighted by Gasteiger charge is 2.63. The molecule has 0 bridgehead atoms. The van der Waals surface area contributed by atoms with Gasteiger partial charge < -0.3 is 38.1 Å². The van der Waals surface area contributed by atoms with E-state index in [2.05, 4.69) is 29.8 Å². The Balaban J connectivity index is 1.36. The Morgan fingerprint density at radius 3 is 2.26 bits per heavy atom. The molecule has 2 aliphatic heterocycles. The molecule has 1 saturated carbocycles. The van der Waals surface area contributed by atoms with Crippen LogP contribution in [-0.2, 0) is 31.0 Å². The smallest absolute Gasteiger partial charge is 0.338 e. The largest absolute Gasteiger partial charge is 0.497 e. The van der Waals surface area contributed by atoms with E-state index < -0.39 is 29.5 Å². The summed E-state index contributed by atoms with van der Waals surface area (Å²) < 4.78 is 39.5. The first-order chi connectivity index (χ1) is 22.1. The van der Waals surface area contributed by atoms with Crippen LogP contribution in [0.4, 0.5) is 0 Å². The van der Waals surface area contributed by atoms with Crippen LogP contribution in [-0.4, -0.2) is 89.8 Å². The minimum Gasteiger partial charge on any atom is -0.497 e. The van der Waals surface area contributed by atoms with E-state index in [0.717, 1.165) is 30.8 Å². The molecule has 1 saturated heterocycles. The third kappa shape index (κ3) is 4.86. The van der Waals surface area contributed by atoms with E-state index in [1.54, 1.807) is 26.4 Å². The number of carbonyl (C=O) groups excluding carboxylic acids is 2. The summed E-state index contributed by atoms with van der Waals surface area (Å²) >= 11 is 0. The number of esters is 2. The first-order valence-electron chi connectivity index (χ1n) is 15.6. The summed E-state index contributed by atoms with van der Waals surface area (Å²) in [5.41, 5.74) is 2.89. The van der Waals surface area contributed by atoms with Crippen LogP contribution in [0, 0.1) is 17.3 Å². The van der Waals surface area contributed by atoms with Crippen molar-refractivity contribution in [3.05, 3.63) is 47.2 Å². The minimum absolute atomic E-state index is 0.0276. The fourth-order valence-corrected chi connectivity index (χ4v) is 8.64. The number of aromatic nitrogens is 1. The molecule has 11 nitrogen and oxygen atoms in total. The van der Waals surface area contributed by atoms with Crippen molar-refractivity contribution in [3.8, 4) is 23.0 Å². The quantitative estimate of drug-likeness (QED) is 0.348.